The Bertz CT molecular complexity index is 1290. The lowest BCUT2D eigenvalue weighted by atomic mass is 10.2. The second-order valence-corrected chi connectivity index (χ2v) is 7.35. The predicted molar refractivity (Wildman–Crippen MR) is 128 cm³/mol. The molecule has 0 fully saturated rings. The van der Waals surface area contributed by atoms with Crippen LogP contribution in [-0.2, 0) is 0 Å². The van der Waals surface area contributed by atoms with Gasteiger partial charge in [-0.1, -0.05) is 23.7 Å². The van der Waals surface area contributed by atoms with Gasteiger partial charge >= 0.3 is 0 Å². The minimum atomic E-state index is -0.491. The van der Waals surface area contributed by atoms with Crippen LogP contribution >= 0.6 is 11.6 Å². The summed E-state index contributed by atoms with van der Waals surface area (Å²) in [5, 5.41) is 7.43. The van der Waals surface area contributed by atoms with Gasteiger partial charge < -0.3 is 24.8 Å². The van der Waals surface area contributed by atoms with Gasteiger partial charge in [-0.25, -0.2) is 9.97 Å². The van der Waals surface area contributed by atoms with Crippen molar-refractivity contribution in [2.75, 3.05) is 32.0 Å². The smallest absolute Gasteiger partial charge is 0.293 e. The number of nitrogens with zero attached hydrogens (tertiary/aromatic N) is 2. The average molecular weight is 465 g/mol. The molecule has 168 valence electrons. The molecular formula is C24H21ClN4O4. The van der Waals surface area contributed by atoms with E-state index in [1.165, 1.54) is 21.3 Å². The molecule has 0 atom stereocenters. The van der Waals surface area contributed by atoms with E-state index in [0.29, 0.717) is 39.3 Å². The quantitative estimate of drug-likeness (QED) is 0.383. The Morgan fingerprint density at radius 1 is 0.848 bits per heavy atom. The van der Waals surface area contributed by atoms with Gasteiger partial charge in [-0.2, -0.15) is 0 Å². The first kappa shape index (κ1) is 22.2. The summed E-state index contributed by atoms with van der Waals surface area (Å²) < 4.78 is 16.0. The van der Waals surface area contributed by atoms with E-state index >= 15 is 0 Å². The number of benzene rings is 3. The molecule has 4 rings (SSSR count). The number of rotatable bonds is 7. The van der Waals surface area contributed by atoms with Crippen molar-refractivity contribution in [2.24, 2.45) is 0 Å². The predicted octanol–water partition coefficient (Wildman–Crippen LogP) is 5.30. The van der Waals surface area contributed by atoms with Crippen molar-refractivity contribution in [1.29, 1.82) is 0 Å². The van der Waals surface area contributed by atoms with Crippen LogP contribution in [0.2, 0.25) is 5.02 Å². The SMILES string of the molecule is COc1cc(NC(=O)c2nc(Nc3ccc(Cl)cc3)c3ccccc3n2)cc(OC)c1OC. The van der Waals surface area contributed by atoms with Crippen LogP contribution in [0.3, 0.4) is 0 Å². The van der Waals surface area contributed by atoms with E-state index in [-0.39, 0.29) is 5.82 Å². The third-order valence-corrected chi connectivity index (χ3v) is 5.09. The molecule has 33 heavy (non-hydrogen) atoms. The molecule has 1 aromatic heterocycles. The molecule has 1 heterocycles. The van der Waals surface area contributed by atoms with Gasteiger partial charge in [0.1, 0.15) is 5.82 Å². The van der Waals surface area contributed by atoms with Gasteiger partial charge in [0, 0.05) is 33.9 Å². The lowest BCUT2D eigenvalue weighted by Gasteiger charge is -2.15. The fourth-order valence-corrected chi connectivity index (χ4v) is 3.41. The number of carbonyl (C=O) groups is 1. The fraction of sp³-hybridized carbons (Fsp3) is 0.125. The molecule has 0 saturated heterocycles. The molecule has 3 aromatic carbocycles. The lowest BCUT2D eigenvalue weighted by Crippen LogP contribution is -2.17. The van der Waals surface area contributed by atoms with Crippen molar-refractivity contribution in [1.82, 2.24) is 9.97 Å². The van der Waals surface area contributed by atoms with Crippen molar-refractivity contribution in [2.45, 2.75) is 0 Å². The van der Waals surface area contributed by atoms with Crippen molar-refractivity contribution in [3.63, 3.8) is 0 Å². The van der Waals surface area contributed by atoms with Crippen LogP contribution in [0.4, 0.5) is 17.2 Å². The zero-order valence-electron chi connectivity index (χ0n) is 18.2. The van der Waals surface area contributed by atoms with E-state index in [9.17, 15) is 4.79 Å². The second kappa shape index (κ2) is 9.62. The normalized spacial score (nSPS) is 10.5. The lowest BCUT2D eigenvalue weighted by molar-refractivity contribution is 0.101. The van der Waals surface area contributed by atoms with E-state index in [2.05, 4.69) is 20.6 Å². The summed E-state index contributed by atoms with van der Waals surface area (Å²) in [5.41, 5.74) is 1.84. The number of ether oxygens (including phenoxy) is 3. The van der Waals surface area contributed by atoms with Crippen molar-refractivity contribution in [3.05, 3.63) is 71.5 Å². The Hall–Kier alpha value is -4.04. The van der Waals surface area contributed by atoms with Gasteiger partial charge in [0.25, 0.3) is 5.91 Å². The first-order chi connectivity index (χ1) is 16.0. The molecule has 0 spiro atoms. The highest BCUT2D eigenvalue weighted by molar-refractivity contribution is 6.30. The molecule has 0 bridgehead atoms. The second-order valence-electron chi connectivity index (χ2n) is 6.91. The Labute approximate surface area is 195 Å². The first-order valence-electron chi connectivity index (χ1n) is 9.93. The summed E-state index contributed by atoms with van der Waals surface area (Å²) in [6.45, 7) is 0. The molecule has 0 radical (unpaired) electrons. The molecule has 0 aliphatic heterocycles. The van der Waals surface area contributed by atoms with Crippen LogP contribution in [-0.4, -0.2) is 37.2 Å². The topological polar surface area (TPSA) is 94.6 Å². The standard InChI is InChI=1S/C24H21ClN4O4/c1-31-19-12-16(13-20(32-2)21(19)33-3)27-24(30)23-28-18-7-5-4-6-17(18)22(29-23)26-15-10-8-14(25)9-11-15/h4-13H,1-3H3,(H,27,30)(H,26,28,29). The molecule has 0 aliphatic carbocycles. The number of methoxy groups -OCH3 is 3. The van der Waals surface area contributed by atoms with E-state index in [1.54, 1.807) is 24.3 Å². The number of aromatic nitrogens is 2. The zero-order chi connectivity index (χ0) is 23.4. The molecule has 0 aliphatic rings. The number of fused-ring (bicyclic) bond motifs is 1. The maximum atomic E-state index is 13.1. The molecule has 8 nitrogen and oxygen atoms in total. The van der Waals surface area contributed by atoms with E-state index in [0.717, 1.165) is 11.1 Å². The maximum absolute atomic E-state index is 13.1. The number of hydrogen-bond acceptors (Lipinski definition) is 7. The monoisotopic (exact) mass is 464 g/mol. The Balaban J connectivity index is 1.69. The Morgan fingerprint density at radius 2 is 1.52 bits per heavy atom. The van der Waals surface area contributed by atoms with Crippen LogP contribution in [0.25, 0.3) is 10.9 Å². The van der Waals surface area contributed by atoms with Crippen molar-refractivity contribution in [3.8, 4) is 17.2 Å². The highest BCUT2D eigenvalue weighted by Gasteiger charge is 2.18. The summed E-state index contributed by atoms with van der Waals surface area (Å²) >= 11 is 5.98. The zero-order valence-corrected chi connectivity index (χ0v) is 18.9. The van der Waals surface area contributed by atoms with Gasteiger partial charge in [-0.05, 0) is 36.4 Å². The third kappa shape index (κ3) is 4.75. The van der Waals surface area contributed by atoms with Crippen LogP contribution in [0, 0.1) is 0 Å². The summed E-state index contributed by atoms with van der Waals surface area (Å²) in [5.74, 6) is 1.26. The summed E-state index contributed by atoms with van der Waals surface area (Å²) in [4.78, 5) is 22.0. The van der Waals surface area contributed by atoms with E-state index < -0.39 is 5.91 Å². The first-order valence-corrected chi connectivity index (χ1v) is 10.3. The van der Waals surface area contributed by atoms with Crippen molar-refractivity contribution >= 4 is 45.6 Å². The molecule has 4 aromatic rings. The third-order valence-electron chi connectivity index (χ3n) is 4.84. The molecular weight excluding hydrogens is 444 g/mol. The number of para-hydroxylation sites is 1. The van der Waals surface area contributed by atoms with Crippen LogP contribution in [0.1, 0.15) is 10.6 Å². The van der Waals surface area contributed by atoms with Gasteiger partial charge in [0.05, 0.1) is 26.8 Å². The van der Waals surface area contributed by atoms with E-state index in [1.807, 2.05) is 36.4 Å². The molecule has 0 unspecified atom stereocenters. The molecule has 0 saturated carbocycles. The van der Waals surface area contributed by atoms with Gasteiger partial charge in [-0.3, -0.25) is 4.79 Å². The fourth-order valence-electron chi connectivity index (χ4n) is 3.28. The minimum absolute atomic E-state index is 0.00100. The average Bonchev–Trinajstić information content (AvgIpc) is 2.84. The highest BCUT2D eigenvalue weighted by Crippen LogP contribution is 2.40. The minimum Gasteiger partial charge on any atom is -0.493 e. The van der Waals surface area contributed by atoms with Crippen LogP contribution in [0.15, 0.2) is 60.7 Å². The number of amides is 1. The number of carbonyl (C=O) groups excluding carboxylic acids is 1. The number of nitrogens with one attached hydrogen (secondary N) is 2. The summed E-state index contributed by atoms with van der Waals surface area (Å²) in [6.07, 6.45) is 0. The number of anilines is 3. The largest absolute Gasteiger partial charge is 0.493 e. The summed E-state index contributed by atoms with van der Waals surface area (Å²) in [7, 11) is 4.52. The Morgan fingerprint density at radius 3 is 2.15 bits per heavy atom. The van der Waals surface area contributed by atoms with Gasteiger partial charge in [0.2, 0.25) is 11.6 Å². The van der Waals surface area contributed by atoms with Gasteiger partial charge in [0.15, 0.2) is 11.5 Å². The van der Waals surface area contributed by atoms with Gasteiger partial charge in [-0.15, -0.1) is 0 Å². The summed E-state index contributed by atoms with van der Waals surface area (Å²) in [6, 6.07) is 17.9. The molecule has 2 N–H and O–H groups in total. The number of hydrogen-bond donors (Lipinski definition) is 2. The maximum Gasteiger partial charge on any atom is 0.293 e. The molecule has 1 amide bonds. The van der Waals surface area contributed by atoms with Crippen LogP contribution in [0.5, 0.6) is 17.2 Å². The van der Waals surface area contributed by atoms with Crippen molar-refractivity contribution < 1.29 is 19.0 Å². The molecule has 9 heteroatoms. The highest BCUT2D eigenvalue weighted by atomic mass is 35.5. The Kier molecular flexibility index (Phi) is 6.46. The number of halogens is 1. The van der Waals surface area contributed by atoms with E-state index in [4.69, 9.17) is 25.8 Å². The van der Waals surface area contributed by atoms with Crippen LogP contribution < -0.4 is 24.8 Å².